The lowest BCUT2D eigenvalue weighted by atomic mass is 9.87. The van der Waals surface area contributed by atoms with Gasteiger partial charge in [0.1, 0.15) is 17.0 Å². The molecule has 4 rings (SSSR count). The summed E-state index contributed by atoms with van der Waals surface area (Å²) >= 11 is 1.77. The van der Waals surface area contributed by atoms with Crippen LogP contribution in [-0.2, 0) is 19.3 Å². The Kier molecular flexibility index (Phi) is 6.10. The van der Waals surface area contributed by atoms with Gasteiger partial charge in [-0.25, -0.2) is 15.0 Å². The highest BCUT2D eigenvalue weighted by molar-refractivity contribution is 7.26. The fourth-order valence-corrected chi connectivity index (χ4v) is 5.52. The van der Waals surface area contributed by atoms with E-state index in [0.717, 1.165) is 35.6 Å². The molecule has 1 aliphatic carbocycles. The Morgan fingerprint density at radius 1 is 1.07 bits per heavy atom. The average Bonchev–Trinajstić information content (AvgIpc) is 3.07. The Hall–Kier alpha value is -1.75. The minimum Gasteiger partial charge on any atom is -0.369 e. The highest BCUT2D eigenvalue weighted by atomic mass is 32.1. The third-order valence-electron chi connectivity index (χ3n) is 5.73. The first-order valence-electron chi connectivity index (χ1n) is 11.0. The van der Waals surface area contributed by atoms with Crippen molar-refractivity contribution in [2.75, 3.05) is 11.9 Å². The number of thiophene rings is 1. The van der Waals surface area contributed by atoms with E-state index in [1.54, 1.807) is 17.7 Å². The topological polar surface area (TPSA) is 50.7 Å². The van der Waals surface area contributed by atoms with Crippen LogP contribution in [0.25, 0.3) is 20.4 Å². The van der Waals surface area contributed by atoms with Crippen LogP contribution in [0, 0.1) is 5.92 Å². The van der Waals surface area contributed by atoms with Crippen molar-refractivity contribution < 1.29 is 0 Å². The highest BCUT2D eigenvalue weighted by Gasteiger charge is 2.23. The maximum Gasteiger partial charge on any atom is 0.147 e. The molecule has 4 nitrogen and oxygen atoms in total. The van der Waals surface area contributed by atoms with E-state index < -0.39 is 0 Å². The lowest BCUT2D eigenvalue weighted by Crippen LogP contribution is -2.11. The molecule has 0 spiro atoms. The predicted molar refractivity (Wildman–Crippen MR) is 121 cm³/mol. The van der Waals surface area contributed by atoms with Crippen LogP contribution in [0.2, 0.25) is 0 Å². The number of anilines is 1. The first-order chi connectivity index (χ1) is 13.7. The van der Waals surface area contributed by atoms with Gasteiger partial charge in [-0.15, -0.1) is 11.3 Å². The number of fused-ring (bicyclic) bond motifs is 5. The Balaban J connectivity index is 1.76. The van der Waals surface area contributed by atoms with Gasteiger partial charge in [0, 0.05) is 17.6 Å². The molecule has 0 fully saturated rings. The fourth-order valence-electron chi connectivity index (χ4n) is 4.38. The second kappa shape index (κ2) is 8.73. The number of aryl methyl sites for hydroxylation is 1. The molecule has 3 heterocycles. The number of nitrogens with one attached hydrogen (secondary N) is 1. The summed E-state index contributed by atoms with van der Waals surface area (Å²) in [5, 5.41) is 4.87. The number of pyridine rings is 1. The standard InChI is InChI=1S/C23H32N4S/c1-4-5-6-9-12-24-22-21-20(25-14-26-22)19-17-11-8-7-10-16(17)18(13-15(2)3)27-23(19)28-21/h14-15H,4-13H2,1-3H3,(H,24,25,26). The van der Waals surface area contributed by atoms with Crippen molar-refractivity contribution in [1.29, 1.82) is 0 Å². The van der Waals surface area contributed by atoms with Crippen LogP contribution >= 0.6 is 11.3 Å². The van der Waals surface area contributed by atoms with Crippen LogP contribution < -0.4 is 5.32 Å². The first kappa shape index (κ1) is 19.6. The Morgan fingerprint density at radius 2 is 1.89 bits per heavy atom. The van der Waals surface area contributed by atoms with E-state index in [2.05, 4.69) is 31.1 Å². The van der Waals surface area contributed by atoms with Crippen LogP contribution in [-0.4, -0.2) is 21.5 Å². The predicted octanol–water partition coefficient (Wildman–Crippen LogP) is 6.31. The van der Waals surface area contributed by atoms with Gasteiger partial charge in [-0.2, -0.15) is 0 Å². The van der Waals surface area contributed by atoms with Crippen LogP contribution in [0.3, 0.4) is 0 Å². The average molecular weight is 397 g/mol. The lowest BCUT2D eigenvalue weighted by Gasteiger charge is -2.20. The van der Waals surface area contributed by atoms with E-state index in [9.17, 15) is 0 Å². The van der Waals surface area contributed by atoms with Crippen molar-refractivity contribution in [3.05, 3.63) is 23.1 Å². The quantitative estimate of drug-likeness (QED) is 0.453. The summed E-state index contributed by atoms with van der Waals surface area (Å²) in [4.78, 5) is 15.6. The molecule has 150 valence electrons. The van der Waals surface area contributed by atoms with Crippen LogP contribution in [0.1, 0.15) is 76.1 Å². The summed E-state index contributed by atoms with van der Waals surface area (Å²) < 4.78 is 1.18. The van der Waals surface area contributed by atoms with E-state index in [-0.39, 0.29) is 0 Å². The molecule has 0 bridgehead atoms. The molecule has 3 aromatic heterocycles. The van der Waals surface area contributed by atoms with Crippen LogP contribution in [0.5, 0.6) is 0 Å². The minimum absolute atomic E-state index is 0.630. The number of aromatic nitrogens is 3. The van der Waals surface area contributed by atoms with Gasteiger partial charge < -0.3 is 5.32 Å². The second-order valence-corrected chi connectivity index (χ2v) is 9.49. The first-order valence-corrected chi connectivity index (χ1v) is 11.8. The number of unbranched alkanes of at least 4 members (excludes halogenated alkanes) is 3. The van der Waals surface area contributed by atoms with Crippen LogP contribution in [0.15, 0.2) is 6.33 Å². The summed E-state index contributed by atoms with van der Waals surface area (Å²) in [6, 6.07) is 0. The monoisotopic (exact) mass is 396 g/mol. The van der Waals surface area contributed by atoms with E-state index in [1.807, 2.05) is 0 Å². The summed E-state index contributed by atoms with van der Waals surface area (Å²) in [6.45, 7) is 7.81. The lowest BCUT2D eigenvalue weighted by molar-refractivity contribution is 0.615. The third kappa shape index (κ3) is 3.86. The molecule has 0 aromatic carbocycles. The van der Waals surface area contributed by atoms with Crippen molar-refractivity contribution in [2.24, 2.45) is 5.92 Å². The zero-order chi connectivity index (χ0) is 19.5. The van der Waals surface area contributed by atoms with Gasteiger partial charge >= 0.3 is 0 Å². The smallest absolute Gasteiger partial charge is 0.147 e. The normalized spacial score (nSPS) is 14.1. The molecule has 0 unspecified atom stereocenters. The highest BCUT2D eigenvalue weighted by Crippen LogP contribution is 2.41. The SMILES string of the molecule is CCCCCCNc1ncnc2c1sc1nc(CC(C)C)c3c(c12)CCCC3. The van der Waals surface area contributed by atoms with Gasteiger partial charge in [-0.1, -0.05) is 40.0 Å². The zero-order valence-electron chi connectivity index (χ0n) is 17.5. The van der Waals surface area contributed by atoms with Crippen molar-refractivity contribution >= 4 is 37.6 Å². The summed E-state index contributed by atoms with van der Waals surface area (Å²) in [5.74, 6) is 1.62. The largest absolute Gasteiger partial charge is 0.369 e. The van der Waals surface area contributed by atoms with Gasteiger partial charge in [-0.05, 0) is 55.6 Å². The Bertz CT molecular complexity index is 960. The van der Waals surface area contributed by atoms with Gasteiger partial charge in [0.25, 0.3) is 0 Å². The maximum absolute atomic E-state index is 5.15. The molecule has 1 N–H and O–H groups in total. The van der Waals surface area contributed by atoms with Gasteiger partial charge in [-0.3, -0.25) is 0 Å². The molecule has 28 heavy (non-hydrogen) atoms. The Labute approximate surface area is 172 Å². The molecule has 0 saturated heterocycles. The molecule has 1 aliphatic rings. The number of hydrogen-bond donors (Lipinski definition) is 1. The summed E-state index contributed by atoms with van der Waals surface area (Å²) in [6.07, 6.45) is 12.7. The van der Waals surface area contributed by atoms with Crippen molar-refractivity contribution in [1.82, 2.24) is 15.0 Å². The zero-order valence-corrected chi connectivity index (χ0v) is 18.3. The van der Waals surface area contributed by atoms with Crippen molar-refractivity contribution in [3.63, 3.8) is 0 Å². The number of hydrogen-bond acceptors (Lipinski definition) is 5. The molecular formula is C23H32N4S. The minimum atomic E-state index is 0.630. The van der Waals surface area contributed by atoms with Crippen molar-refractivity contribution in [3.8, 4) is 0 Å². The van der Waals surface area contributed by atoms with Crippen molar-refractivity contribution in [2.45, 2.75) is 78.6 Å². The van der Waals surface area contributed by atoms with Gasteiger partial charge in [0.15, 0.2) is 0 Å². The fraction of sp³-hybridized carbons (Fsp3) is 0.609. The third-order valence-corrected chi connectivity index (χ3v) is 6.81. The number of nitrogens with zero attached hydrogens (tertiary/aromatic N) is 3. The summed E-state index contributed by atoms with van der Waals surface area (Å²) in [7, 11) is 0. The molecule has 3 aromatic rings. The van der Waals surface area contributed by atoms with E-state index in [0.29, 0.717) is 5.92 Å². The van der Waals surface area contributed by atoms with E-state index in [4.69, 9.17) is 9.97 Å². The van der Waals surface area contributed by atoms with E-state index in [1.165, 1.54) is 71.9 Å². The van der Waals surface area contributed by atoms with Crippen LogP contribution in [0.4, 0.5) is 5.82 Å². The van der Waals surface area contributed by atoms with Gasteiger partial charge in [0.2, 0.25) is 0 Å². The molecule has 5 heteroatoms. The molecule has 0 radical (unpaired) electrons. The number of rotatable bonds is 8. The molecular weight excluding hydrogens is 364 g/mol. The molecule has 0 aliphatic heterocycles. The van der Waals surface area contributed by atoms with Gasteiger partial charge in [0.05, 0.1) is 10.2 Å². The molecule has 0 amide bonds. The molecule has 0 saturated carbocycles. The second-order valence-electron chi connectivity index (χ2n) is 8.49. The Morgan fingerprint density at radius 3 is 2.68 bits per heavy atom. The van der Waals surface area contributed by atoms with E-state index >= 15 is 0 Å². The molecule has 0 atom stereocenters. The summed E-state index contributed by atoms with van der Waals surface area (Å²) in [5.41, 5.74) is 5.46. The maximum atomic E-state index is 5.15.